The van der Waals surface area contributed by atoms with Crippen LogP contribution in [0, 0.1) is 5.92 Å². The van der Waals surface area contributed by atoms with E-state index in [1.165, 1.54) is 12.8 Å². The maximum Gasteiger partial charge on any atom is 0.239 e. The normalized spacial score (nSPS) is 27.5. The van der Waals surface area contributed by atoms with Crippen LogP contribution in [0.3, 0.4) is 0 Å². The SMILES string of the molecule is CSCC(C)CN1CCC(NC2CC2)C1=O. The highest BCUT2D eigenvalue weighted by Crippen LogP contribution is 2.23. The highest BCUT2D eigenvalue weighted by Gasteiger charge is 2.35. The van der Waals surface area contributed by atoms with Crippen LogP contribution in [0.1, 0.15) is 26.2 Å². The summed E-state index contributed by atoms with van der Waals surface area (Å²) in [6, 6.07) is 0.756. The summed E-state index contributed by atoms with van der Waals surface area (Å²) >= 11 is 1.86. The van der Waals surface area contributed by atoms with Gasteiger partial charge < -0.3 is 10.2 Å². The lowest BCUT2D eigenvalue weighted by atomic mass is 10.2. The molecule has 4 heteroatoms. The van der Waals surface area contributed by atoms with Crippen LogP contribution in [0.5, 0.6) is 0 Å². The van der Waals surface area contributed by atoms with Crippen molar-refractivity contribution in [3.63, 3.8) is 0 Å². The van der Waals surface area contributed by atoms with E-state index in [2.05, 4.69) is 18.5 Å². The van der Waals surface area contributed by atoms with Crippen molar-refractivity contribution in [2.75, 3.05) is 25.1 Å². The van der Waals surface area contributed by atoms with E-state index in [1.807, 2.05) is 16.7 Å². The summed E-state index contributed by atoms with van der Waals surface area (Å²) in [4.78, 5) is 14.1. The molecule has 16 heavy (non-hydrogen) atoms. The number of nitrogens with one attached hydrogen (secondary N) is 1. The molecule has 1 aliphatic carbocycles. The quantitative estimate of drug-likeness (QED) is 0.763. The van der Waals surface area contributed by atoms with Crippen LogP contribution in [0.4, 0.5) is 0 Å². The minimum Gasteiger partial charge on any atom is -0.341 e. The van der Waals surface area contributed by atoms with Crippen LogP contribution in [0.15, 0.2) is 0 Å². The van der Waals surface area contributed by atoms with Crippen molar-refractivity contribution >= 4 is 17.7 Å². The van der Waals surface area contributed by atoms with E-state index in [0.29, 0.717) is 17.9 Å². The fraction of sp³-hybridized carbons (Fsp3) is 0.917. The smallest absolute Gasteiger partial charge is 0.239 e. The van der Waals surface area contributed by atoms with Crippen molar-refractivity contribution in [1.29, 1.82) is 0 Å². The van der Waals surface area contributed by atoms with Crippen molar-refractivity contribution in [2.45, 2.75) is 38.3 Å². The summed E-state index contributed by atoms with van der Waals surface area (Å²) in [6.45, 7) is 4.11. The third kappa shape index (κ3) is 3.14. The second-order valence-corrected chi connectivity index (χ2v) is 6.04. The van der Waals surface area contributed by atoms with Crippen LogP contribution >= 0.6 is 11.8 Å². The van der Waals surface area contributed by atoms with Gasteiger partial charge in [-0.25, -0.2) is 0 Å². The average molecular weight is 242 g/mol. The van der Waals surface area contributed by atoms with Crippen LogP contribution < -0.4 is 5.32 Å². The van der Waals surface area contributed by atoms with Gasteiger partial charge in [-0.05, 0) is 37.2 Å². The number of rotatable bonds is 6. The summed E-state index contributed by atoms with van der Waals surface area (Å²) < 4.78 is 0. The summed E-state index contributed by atoms with van der Waals surface area (Å²) in [5.41, 5.74) is 0. The molecule has 92 valence electrons. The lowest BCUT2D eigenvalue weighted by Crippen LogP contribution is -2.40. The number of likely N-dealkylation sites (tertiary alicyclic amines) is 1. The molecule has 1 saturated heterocycles. The van der Waals surface area contributed by atoms with Gasteiger partial charge in [0.25, 0.3) is 0 Å². The Balaban J connectivity index is 1.76. The third-order valence-corrected chi connectivity index (χ3v) is 4.20. The van der Waals surface area contributed by atoms with E-state index in [1.54, 1.807) is 0 Å². The summed E-state index contributed by atoms with van der Waals surface area (Å²) in [7, 11) is 0. The Morgan fingerprint density at radius 1 is 1.50 bits per heavy atom. The Bertz CT molecular complexity index is 255. The number of amides is 1. The van der Waals surface area contributed by atoms with Gasteiger partial charge in [0, 0.05) is 19.1 Å². The van der Waals surface area contributed by atoms with Gasteiger partial charge >= 0.3 is 0 Å². The first-order valence-electron chi connectivity index (χ1n) is 6.24. The van der Waals surface area contributed by atoms with E-state index in [-0.39, 0.29) is 6.04 Å². The first-order valence-corrected chi connectivity index (χ1v) is 7.64. The van der Waals surface area contributed by atoms with Crippen LogP contribution in [-0.2, 0) is 4.79 Å². The first kappa shape index (κ1) is 12.2. The molecule has 1 aliphatic heterocycles. The molecule has 2 aliphatic rings. The Hall–Kier alpha value is -0.220. The Labute approximate surface area is 102 Å². The summed E-state index contributed by atoms with van der Waals surface area (Å²) in [6.07, 6.45) is 5.64. The van der Waals surface area contributed by atoms with E-state index >= 15 is 0 Å². The largest absolute Gasteiger partial charge is 0.341 e. The van der Waals surface area contributed by atoms with Crippen molar-refractivity contribution in [3.05, 3.63) is 0 Å². The highest BCUT2D eigenvalue weighted by atomic mass is 32.2. The topological polar surface area (TPSA) is 32.3 Å². The van der Waals surface area contributed by atoms with Crippen molar-refractivity contribution in [1.82, 2.24) is 10.2 Å². The molecule has 3 nitrogen and oxygen atoms in total. The maximum absolute atomic E-state index is 12.1. The monoisotopic (exact) mass is 242 g/mol. The van der Waals surface area contributed by atoms with E-state index < -0.39 is 0 Å². The molecule has 1 amide bonds. The second kappa shape index (κ2) is 5.41. The lowest BCUT2D eigenvalue weighted by molar-refractivity contribution is -0.129. The van der Waals surface area contributed by atoms with Crippen LogP contribution in [-0.4, -0.2) is 48.0 Å². The predicted octanol–water partition coefficient (Wildman–Crippen LogP) is 1.34. The van der Waals surface area contributed by atoms with E-state index in [9.17, 15) is 4.79 Å². The Morgan fingerprint density at radius 3 is 2.88 bits per heavy atom. The fourth-order valence-corrected chi connectivity index (χ4v) is 3.00. The van der Waals surface area contributed by atoms with Gasteiger partial charge in [0.2, 0.25) is 5.91 Å². The average Bonchev–Trinajstić information content (AvgIpc) is 2.99. The maximum atomic E-state index is 12.1. The number of carbonyl (C=O) groups excluding carboxylic acids is 1. The van der Waals surface area contributed by atoms with Gasteiger partial charge in [-0.3, -0.25) is 4.79 Å². The van der Waals surface area contributed by atoms with E-state index in [4.69, 9.17) is 0 Å². The molecule has 0 spiro atoms. The third-order valence-electron chi connectivity index (χ3n) is 3.29. The summed E-state index contributed by atoms with van der Waals surface area (Å²) in [5.74, 6) is 2.09. The van der Waals surface area contributed by atoms with Crippen LogP contribution in [0.25, 0.3) is 0 Å². The van der Waals surface area contributed by atoms with Gasteiger partial charge in [-0.15, -0.1) is 0 Å². The Morgan fingerprint density at radius 2 is 2.25 bits per heavy atom. The number of hydrogen-bond donors (Lipinski definition) is 1. The molecular formula is C12H22N2OS. The standard InChI is InChI=1S/C12H22N2OS/c1-9(8-16-2)7-14-6-5-11(12(14)15)13-10-3-4-10/h9-11,13H,3-8H2,1-2H3. The molecule has 2 unspecified atom stereocenters. The first-order chi connectivity index (χ1) is 7.70. The molecule has 0 aromatic heterocycles. The summed E-state index contributed by atoms with van der Waals surface area (Å²) in [5, 5.41) is 3.44. The van der Waals surface area contributed by atoms with Crippen LogP contribution in [0.2, 0.25) is 0 Å². The molecule has 1 heterocycles. The molecule has 1 saturated carbocycles. The molecule has 0 bridgehead atoms. The zero-order valence-electron chi connectivity index (χ0n) is 10.2. The van der Waals surface area contributed by atoms with Gasteiger partial charge in [-0.1, -0.05) is 6.92 Å². The van der Waals surface area contributed by atoms with Gasteiger partial charge in [-0.2, -0.15) is 11.8 Å². The number of carbonyl (C=O) groups is 1. The van der Waals surface area contributed by atoms with Gasteiger partial charge in [0.05, 0.1) is 6.04 Å². The second-order valence-electron chi connectivity index (χ2n) is 5.13. The number of thioether (sulfide) groups is 1. The molecular weight excluding hydrogens is 220 g/mol. The fourth-order valence-electron chi connectivity index (χ4n) is 2.32. The zero-order valence-corrected chi connectivity index (χ0v) is 11.1. The number of hydrogen-bond acceptors (Lipinski definition) is 3. The molecule has 2 atom stereocenters. The Kier molecular flexibility index (Phi) is 4.14. The van der Waals surface area contributed by atoms with Crippen molar-refractivity contribution in [2.24, 2.45) is 5.92 Å². The lowest BCUT2D eigenvalue weighted by Gasteiger charge is -2.21. The van der Waals surface area contributed by atoms with E-state index in [0.717, 1.165) is 25.3 Å². The number of nitrogens with zero attached hydrogens (tertiary/aromatic N) is 1. The molecule has 0 radical (unpaired) electrons. The highest BCUT2D eigenvalue weighted by molar-refractivity contribution is 7.98. The zero-order chi connectivity index (χ0) is 11.5. The van der Waals surface area contributed by atoms with Gasteiger partial charge in [0.1, 0.15) is 0 Å². The minimum absolute atomic E-state index is 0.119. The van der Waals surface area contributed by atoms with Crippen molar-refractivity contribution < 1.29 is 4.79 Å². The molecule has 2 rings (SSSR count). The minimum atomic E-state index is 0.119. The predicted molar refractivity (Wildman–Crippen MR) is 68.7 cm³/mol. The van der Waals surface area contributed by atoms with Gasteiger partial charge in [0.15, 0.2) is 0 Å². The molecule has 2 fully saturated rings. The molecule has 0 aromatic rings. The van der Waals surface area contributed by atoms with Crippen molar-refractivity contribution in [3.8, 4) is 0 Å². The molecule has 1 N–H and O–H groups in total. The molecule has 0 aromatic carbocycles.